The molecule has 5 heteroatoms. The Morgan fingerprint density at radius 3 is 1.96 bits per heavy atom. The highest BCUT2D eigenvalue weighted by Gasteiger charge is 2.17. The zero-order chi connectivity index (χ0) is 17.3. The van der Waals surface area contributed by atoms with Gasteiger partial charge in [-0.15, -0.1) is 0 Å². The first-order valence-corrected chi connectivity index (χ1v) is 7.66. The van der Waals surface area contributed by atoms with E-state index in [0.717, 1.165) is 5.56 Å². The number of phenols is 2. The lowest BCUT2D eigenvalue weighted by atomic mass is 9.96. The summed E-state index contributed by atoms with van der Waals surface area (Å²) in [6, 6.07) is 9.61. The van der Waals surface area contributed by atoms with Gasteiger partial charge in [-0.1, -0.05) is 18.2 Å². The molecule has 124 valence electrons. The first kappa shape index (κ1) is 16.2. The maximum absolute atomic E-state index is 11.9. The van der Waals surface area contributed by atoms with Crippen LogP contribution in [0.3, 0.4) is 0 Å². The molecule has 0 fully saturated rings. The molecule has 5 nitrogen and oxygen atoms in total. The summed E-state index contributed by atoms with van der Waals surface area (Å²) in [7, 11) is 0. The van der Waals surface area contributed by atoms with Gasteiger partial charge in [0.2, 0.25) is 0 Å². The van der Waals surface area contributed by atoms with Gasteiger partial charge in [0.1, 0.15) is 17.6 Å². The summed E-state index contributed by atoms with van der Waals surface area (Å²) in [5, 5.41) is 40.3. The maximum atomic E-state index is 11.9. The van der Waals surface area contributed by atoms with Gasteiger partial charge in [0, 0.05) is 24.0 Å². The molecule has 0 aliphatic heterocycles. The standard InChI is InChI=1S/C19H18O5/c20-13-3-6-18(23)19(24)10-12-2-5-17(22)15(9-12)14-8-11(7-13)1-4-16(14)21/h1-6,8-9,13,19-22,24H,7,10H2/b6-3+. The van der Waals surface area contributed by atoms with Crippen molar-refractivity contribution >= 4 is 5.78 Å². The fourth-order valence-corrected chi connectivity index (χ4v) is 2.80. The number of ketones is 1. The Kier molecular flexibility index (Phi) is 4.38. The molecular weight excluding hydrogens is 308 g/mol. The van der Waals surface area contributed by atoms with Gasteiger partial charge in [-0.3, -0.25) is 4.79 Å². The molecule has 0 radical (unpaired) electrons. The normalized spacial score (nSPS) is 22.2. The number of rotatable bonds is 0. The molecule has 2 aromatic rings. The number of hydrogen-bond donors (Lipinski definition) is 4. The Morgan fingerprint density at radius 2 is 1.38 bits per heavy atom. The second-order valence-electron chi connectivity index (χ2n) is 5.96. The van der Waals surface area contributed by atoms with E-state index in [1.807, 2.05) is 0 Å². The number of benzene rings is 2. The van der Waals surface area contributed by atoms with E-state index in [1.54, 1.807) is 24.3 Å². The molecule has 0 aromatic heterocycles. The number of aromatic hydroxyl groups is 2. The van der Waals surface area contributed by atoms with Gasteiger partial charge in [-0.2, -0.15) is 0 Å². The second kappa shape index (κ2) is 6.47. The molecule has 1 aliphatic carbocycles. The number of phenolic OH excluding ortho intramolecular Hbond substituents is 2. The van der Waals surface area contributed by atoms with Crippen molar-refractivity contribution in [1.29, 1.82) is 0 Å². The largest absolute Gasteiger partial charge is 0.507 e. The first-order chi connectivity index (χ1) is 11.4. The first-order valence-electron chi connectivity index (χ1n) is 7.66. The van der Waals surface area contributed by atoms with E-state index in [2.05, 4.69) is 0 Å². The molecule has 0 spiro atoms. The van der Waals surface area contributed by atoms with E-state index < -0.39 is 18.0 Å². The fourth-order valence-electron chi connectivity index (χ4n) is 2.80. The summed E-state index contributed by atoms with van der Waals surface area (Å²) < 4.78 is 0. The number of fused-ring (bicyclic) bond motifs is 5. The predicted molar refractivity (Wildman–Crippen MR) is 88.8 cm³/mol. The molecule has 2 unspecified atom stereocenters. The van der Waals surface area contributed by atoms with E-state index in [9.17, 15) is 25.2 Å². The van der Waals surface area contributed by atoms with Crippen LogP contribution in [0, 0.1) is 0 Å². The SMILES string of the molecule is O=C1/C=C/C(O)Cc2ccc(O)c(c2)-c2cc(ccc2O)CC1O. The molecule has 24 heavy (non-hydrogen) atoms. The van der Waals surface area contributed by atoms with Gasteiger partial charge in [0.25, 0.3) is 0 Å². The lowest BCUT2D eigenvalue weighted by molar-refractivity contribution is -0.122. The molecule has 4 bridgehead atoms. The molecule has 4 N–H and O–H groups in total. The van der Waals surface area contributed by atoms with Crippen molar-refractivity contribution in [3.05, 3.63) is 59.7 Å². The topological polar surface area (TPSA) is 98.0 Å². The van der Waals surface area contributed by atoms with E-state index in [1.165, 1.54) is 24.3 Å². The van der Waals surface area contributed by atoms with Crippen LogP contribution in [-0.2, 0) is 17.6 Å². The summed E-state index contributed by atoms with van der Waals surface area (Å²) in [6.07, 6.45) is 0.735. The monoisotopic (exact) mass is 326 g/mol. The highest BCUT2D eigenvalue weighted by atomic mass is 16.3. The summed E-state index contributed by atoms with van der Waals surface area (Å²) in [6.45, 7) is 0. The van der Waals surface area contributed by atoms with Crippen molar-refractivity contribution in [3.8, 4) is 22.6 Å². The van der Waals surface area contributed by atoms with Crippen LogP contribution in [0.25, 0.3) is 11.1 Å². The van der Waals surface area contributed by atoms with Gasteiger partial charge in [-0.25, -0.2) is 0 Å². The van der Waals surface area contributed by atoms with Gasteiger partial charge in [0.05, 0.1) is 6.10 Å². The molecule has 0 amide bonds. The van der Waals surface area contributed by atoms with E-state index in [4.69, 9.17) is 0 Å². The number of aliphatic hydroxyl groups is 2. The highest BCUT2D eigenvalue weighted by molar-refractivity contribution is 5.93. The molecule has 3 rings (SSSR count). The van der Waals surface area contributed by atoms with E-state index in [0.29, 0.717) is 16.7 Å². The smallest absolute Gasteiger partial charge is 0.184 e. The van der Waals surface area contributed by atoms with Crippen LogP contribution >= 0.6 is 0 Å². The zero-order valence-corrected chi connectivity index (χ0v) is 12.9. The summed E-state index contributed by atoms with van der Waals surface area (Å²) in [4.78, 5) is 11.9. The summed E-state index contributed by atoms with van der Waals surface area (Å²) in [5.41, 5.74) is 2.25. The van der Waals surface area contributed by atoms with Crippen molar-refractivity contribution < 1.29 is 25.2 Å². The maximum Gasteiger partial charge on any atom is 0.184 e. The number of carbonyl (C=O) groups is 1. The average molecular weight is 326 g/mol. The minimum absolute atomic E-state index is 0.00253. The highest BCUT2D eigenvalue weighted by Crippen LogP contribution is 2.37. The van der Waals surface area contributed by atoms with Gasteiger partial charge >= 0.3 is 0 Å². The average Bonchev–Trinajstić information content (AvgIpc) is 2.56. The Bertz CT molecular complexity index is 809. The molecule has 0 heterocycles. The predicted octanol–water partition coefficient (Wildman–Crippen LogP) is 1.71. The summed E-state index contributed by atoms with van der Waals surface area (Å²) >= 11 is 0. The Labute approximate surface area is 139 Å². The van der Waals surface area contributed by atoms with Gasteiger partial charge in [0.15, 0.2) is 5.78 Å². The van der Waals surface area contributed by atoms with Gasteiger partial charge < -0.3 is 20.4 Å². The van der Waals surface area contributed by atoms with E-state index in [-0.39, 0.29) is 24.3 Å². The van der Waals surface area contributed by atoms with Crippen LogP contribution in [0.5, 0.6) is 11.5 Å². The Morgan fingerprint density at radius 1 is 0.833 bits per heavy atom. The zero-order valence-electron chi connectivity index (χ0n) is 12.9. The van der Waals surface area contributed by atoms with Crippen LogP contribution in [0.2, 0.25) is 0 Å². The summed E-state index contributed by atoms with van der Waals surface area (Å²) in [5.74, 6) is -0.499. The van der Waals surface area contributed by atoms with Crippen molar-refractivity contribution in [3.63, 3.8) is 0 Å². The van der Waals surface area contributed by atoms with E-state index >= 15 is 0 Å². The van der Waals surface area contributed by atoms with Crippen LogP contribution in [0.15, 0.2) is 48.6 Å². The Hall–Kier alpha value is -2.63. The number of carbonyl (C=O) groups excluding carboxylic acids is 1. The lowest BCUT2D eigenvalue weighted by Gasteiger charge is -2.12. The molecule has 1 aliphatic rings. The third kappa shape index (κ3) is 3.32. The van der Waals surface area contributed by atoms with Crippen LogP contribution in [-0.4, -0.2) is 38.4 Å². The molecular formula is C19H18O5. The van der Waals surface area contributed by atoms with Crippen LogP contribution < -0.4 is 0 Å². The minimum atomic E-state index is -1.23. The number of hydrogen-bond acceptors (Lipinski definition) is 5. The third-order valence-electron chi connectivity index (χ3n) is 4.10. The van der Waals surface area contributed by atoms with Crippen molar-refractivity contribution in [2.45, 2.75) is 25.0 Å². The molecule has 0 saturated carbocycles. The van der Waals surface area contributed by atoms with Crippen molar-refractivity contribution in [2.75, 3.05) is 0 Å². The quantitative estimate of drug-likeness (QED) is 0.591. The second-order valence-corrected chi connectivity index (χ2v) is 5.96. The molecule has 0 saturated heterocycles. The van der Waals surface area contributed by atoms with Crippen molar-refractivity contribution in [2.24, 2.45) is 0 Å². The molecule has 2 aromatic carbocycles. The van der Waals surface area contributed by atoms with Gasteiger partial charge in [-0.05, 0) is 41.5 Å². The van der Waals surface area contributed by atoms with Crippen LogP contribution in [0.1, 0.15) is 11.1 Å². The molecule has 2 atom stereocenters. The number of aliphatic hydroxyl groups excluding tert-OH is 2. The lowest BCUT2D eigenvalue weighted by Crippen LogP contribution is -2.21. The van der Waals surface area contributed by atoms with Crippen LogP contribution in [0.4, 0.5) is 0 Å². The third-order valence-corrected chi connectivity index (χ3v) is 4.10. The Balaban J connectivity index is 2.16. The van der Waals surface area contributed by atoms with Crippen molar-refractivity contribution in [1.82, 2.24) is 0 Å². The fraction of sp³-hybridized carbons (Fsp3) is 0.211. The minimum Gasteiger partial charge on any atom is -0.507 e.